The predicted octanol–water partition coefficient (Wildman–Crippen LogP) is 3.26. The van der Waals surface area contributed by atoms with Crippen molar-refractivity contribution in [1.82, 2.24) is 5.32 Å². The van der Waals surface area contributed by atoms with Crippen molar-refractivity contribution >= 4 is 0 Å². The van der Waals surface area contributed by atoms with Crippen LogP contribution >= 0.6 is 0 Å². The summed E-state index contributed by atoms with van der Waals surface area (Å²) in [6.45, 7) is 7.43. The minimum absolute atomic E-state index is 0.164. The summed E-state index contributed by atoms with van der Waals surface area (Å²) < 4.78 is 5.87. The normalized spacial score (nSPS) is 20.2. The van der Waals surface area contributed by atoms with Gasteiger partial charge in [-0.25, -0.2) is 0 Å². The molecule has 0 spiro atoms. The molecule has 2 N–H and O–H groups in total. The van der Waals surface area contributed by atoms with Crippen LogP contribution in [0.5, 0.6) is 0 Å². The molecule has 0 aromatic heterocycles. The highest BCUT2D eigenvalue weighted by atomic mass is 16.5. The molecule has 0 aromatic carbocycles. The first-order valence-electron chi connectivity index (χ1n) is 8.10. The van der Waals surface area contributed by atoms with Gasteiger partial charge in [0.05, 0.1) is 12.7 Å². The predicted molar refractivity (Wildman–Crippen MR) is 80.4 cm³/mol. The fourth-order valence-electron chi connectivity index (χ4n) is 2.34. The molecule has 0 heterocycles. The third kappa shape index (κ3) is 7.91. The Morgan fingerprint density at radius 1 is 1.32 bits per heavy atom. The Morgan fingerprint density at radius 3 is 2.63 bits per heavy atom. The van der Waals surface area contributed by atoms with Crippen LogP contribution in [0.3, 0.4) is 0 Å². The van der Waals surface area contributed by atoms with Crippen molar-refractivity contribution in [3.05, 3.63) is 0 Å². The van der Waals surface area contributed by atoms with Crippen molar-refractivity contribution in [2.24, 2.45) is 0 Å². The molecule has 0 radical (unpaired) electrons. The zero-order valence-electron chi connectivity index (χ0n) is 13.1. The van der Waals surface area contributed by atoms with Crippen LogP contribution in [0.2, 0.25) is 0 Å². The lowest BCUT2D eigenvalue weighted by Gasteiger charge is -2.29. The maximum atomic E-state index is 9.51. The van der Waals surface area contributed by atoms with Crippen LogP contribution in [-0.2, 0) is 4.74 Å². The number of aliphatic hydroxyl groups is 1. The van der Waals surface area contributed by atoms with Gasteiger partial charge in [-0.2, -0.15) is 0 Å². The van der Waals surface area contributed by atoms with Crippen LogP contribution in [0.4, 0.5) is 0 Å². The second kappa shape index (κ2) is 8.93. The Labute approximate surface area is 119 Å². The van der Waals surface area contributed by atoms with Crippen molar-refractivity contribution < 1.29 is 9.84 Å². The Morgan fingerprint density at radius 2 is 2.05 bits per heavy atom. The van der Waals surface area contributed by atoms with E-state index in [2.05, 4.69) is 26.1 Å². The molecule has 1 rings (SSSR count). The molecule has 1 aliphatic rings. The molecule has 1 fully saturated rings. The van der Waals surface area contributed by atoms with E-state index < -0.39 is 0 Å². The smallest absolute Gasteiger partial charge is 0.0611 e. The van der Waals surface area contributed by atoms with E-state index in [1.165, 1.54) is 38.5 Å². The Hall–Kier alpha value is -0.120. The van der Waals surface area contributed by atoms with Gasteiger partial charge in [0, 0.05) is 18.2 Å². The van der Waals surface area contributed by atoms with Gasteiger partial charge in [0.1, 0.15) is 0 Å². The van der Waals surface area contributed by atoms with Crippen LogP contribution in [0.25, 0.3) is 0 Å². The summed E-state index contributed by atoms with van der Waals surface area (Å²) in [6.07, 6.45) is 10.1. The molecule has 2 atom stereocenters. The zero-order valence-corrected chi connectivity index (χ0v) is 13.1. The molecule has 2 unspecified atom stereocenters. The fraction of sp³-hybridized carbons (Fsp3) is 1.00. The molecule has 0 aromatic rings. The van der Waals surface area contributed by atoms with E-state index in [9.17, 15) is 5.11 Å². The average Bonchev–Trinajstić information content (AvgIpc) is 3.18. The van der Waals surface area contributed by atoms with E-state index in [-0.39, 0.29) is 12.1 Å². The largest absolute Gasteiger partial charge is 0.394 e. The van der Waals surface area contributed by atoms with E-state index in [0.717, 1.165) is 19.4 Å². The Bertz CT molecular complexity index is 231. The molecule has 0 bridgehead atoms. The molecule has 0 amide bonds. The summed E-state index contributed by atoms with van der Waals surface area (Å²) in [5.41, 5.74) is -0.164. The van der Waals surface area contributed by atoms with Gasteiger partial charge in [-0.15, -0.1) is 0 Å². The highest BCUT2D eigenvalue weighted by Gasteiger charge is 2.31. The van der Waals surface area contributed by atoms with Crippen molar-refractivity contribution in [2.75, 3.05) is 13.2 Å². The van der Waals surface area contributed by atoms with Crippen LogP contribution < -0.4 is 5.32 Å². The second-order valence-corrected chi connectivity index (χ2v) is 6.42. The van der Waals surface area contributed by atoms with E-state index in [4.69, 9.17) is 4.74 Å². The number of hydrogen-bond acceptors (Lipinski definition) is 3. The van der Waals surface area contributed by atoms with Gasteiger partial charge in [0.25, 0.3) is 0 Å². The average molecular weight is 271 g/mol. The molecule has 3 heteroatoms. The minimum Gasteiger partial charge on any atom is -0.394 e. The highest BCUT2D eigenvalue weighted by Crippen LogP contribution is 2.24. The third-order valence-corrected chi connectivity index (χ3v) is 4.00. The monoisotopic (exact) mass is 271 g/mol. The molecule has 3 nitrogen and oxygen atoms in total. The lowest BCUT2D eigenvalue weighted by molar-refractivity contribution is 0.0347. The van der Waals surface area contributed by atoms with Crippen LogP contribution in [0.15, 0.2) is 0 Å². The molecular formula is C16H33NO2. The van der Waals surface area contributed by atoms with Crippen molar-refractivity contribution in [2.45, 2.75) is 89.8 Å². The summed E-state index contributed by atoms with van der Waals surface area (Å²) in [7, 11) is 0. The van der Waals surface area contributed by atoms with E-state index in [1.807, 2.05) is 0 Å². The van der Waals surface area contributed by atoms with Crippen molar-refractivity contribution in [3.8, 4) is 0 Å². The van der Waals surface area contributed by atoms with Gasteiger partial charge in [0.15, 0.2) is 0 Å². The zero-order chi connectivity index (χ0) is 14.1. The number of aliphatic hydroxyl groups excluding tert-OH is 1. The van der Waals surface area contributed by atoms with E-state index in [1.54, 1.807) is 0 Å². The number of nitrogens with one attached hydrogen (secondary N) is 1. The van der Waals surface area contributed by atoms with Gasteiger partial charge >= 0.3 is 0 Å². The minimum atomic E-state index is -0.164. The second-order valence-electron chi connectivity index (χ2n) is 6.42. The summed E-state index contributed by atoms with van der Waals surface area (Å²) in [5.74, 6) is 0. The maximum Gasteiger partial charge on any atom is 0.0611 e. The third-order valence-electron chi connectivity index (χ3n) is 4.00. The first-order chi connectivity index (χ1) is 9.09. The fourth-order valence-corrected chi connectivity index (χ4v) is 2.34. The molecule has 1 aliphatic carbocycles. The quantitative estimate of drug-likeness (QED) is 0.535. The molecule has 114 valence electrons. The van der Waals surface area contributed by atoms with Gasteiger partial charge in [-0.1, -0.05) is 32.6 Å². The summed E-state index contributed by atoms with van der Waals surface area (Å²) >= 11 is 0. The molecule has 19 heavy (non-hydrogen) atoms. The van der Waals surface area contributed by atoms with Gasteiger partial charge in [-0.3, -0.25) is 0 Å². The van der Waals surface area contributed by atoms with Gasteiger partial charge in [0.2, 0.25) is 0 Å². The van der Waals surface area contributed by atoms with Crippen LogP contribution in [0, 0.1) is 0 Å². The van der Waals surface area contributed by atoms with Crippen LogP contribution in [-0.4, -0.2) is 36.0 Å². The molecule has 0 aliphatic heterocycles. The van der Waals surface area contributed by atoms with Gasteiger partial charge < -0.3 is 15.2 Å². The Balaban J connectivity index is 2.06. The topological polar surface area (TPSA) is 41.5 Å². The number of unbranched alkanes of at least 4 members (excludes halogenated alkanes) is 3. The molecular weight excluding hydrogens is 238 g/mol. The molecule has 0 saturated heterocycles. The van der Waals surface area contributed by atoms with Crippen molar-refractivity contribution in [3.63, 3.8) is 0 Å². The lowest BCUT2D eigenvalue weighted by Crippen LogP contribution is -2.47. The number of rotatable bonds is 12. The van der Waals surface area contributed by atoms with Crippen molar-refractivity contribution in [1.29, 1.82) is 0 Å². The number of ether oxygens (including phenoxy) is 1. The summed E-state index contributed by atoms with van der Waals surface area (Å²) in [4.78, 5) is 0. The lowest BCUT2D eigenvalue weighted by atomic mass is 9.99. The molecule has 1 saturated carbocycles. The maximum absolute atomic E-state index is 9.51. The summed E-state index contributed by atoms with van der Waals surface area (Å²) in [6, 6.07) is 0.628. The van der Waals surface area contributed by atoms with Crippen LogP contribution in [0.1, 0.15) is 72.1 Å². The first-order valence-corrected chi connectivity index (χ1v) is 8.10. The highest BCUT2D eigenvalue weighted by molar-refractivity contribution is 4.92. The standard InChI is InChI=1S/C16H33NO2/c1-4-5-6-7-8-14(2)19-12-11-16(3,13-18)17-15-9-10-15/h14-15,17-18H,4-13H2,1-3H3. The van der Waals surface area contributed by atoms with E-state index in [0.29, 0.717) is 12.1 Å². The van der Waals surface area contributed by atoms with Gasteiger partial charge in [-0.05, 0) is 39.5 Å². The van der Waals surface area contributed by atoms with E-state index >= 15 is 0 Å². The summed E-state index contributed by atoms with van der Waals surface area (Å²) in [5, 5.41) is 13.0. The Kier molecular flexibility index (Phi) is 7.96. The SMILES string of the molecule is CCCCCCC(C)OCCC(C)(CO)NC1CC1. The first kappa shape index (κ1) is 16.9. The number of hydrogen-bond donors (Lipinski definition) is 2.